The zero-order chi connectivity index (χ0) is 15.8. The first kappa shape index (κ1) is 15.8. The van der Waals surface area contributed by atoms with Crippen molar-refractivity contribution in [3.63, 3.8) is 0 Å². The van der Waals surface area contributed by atoms with Crippen LogP contribution in [-0.2, 0) is 10.0 Å². The molecule has 0 aromatic heterocycles. The van der Waals surface area contributed by atoms with Crippen LogP contribution in [0.4, 0.5) is 17.1 Å². The molecule has 7 heteroatoms. The van der Waals surface area contributed by atoms with Gasteiger partial charge in [-0.2, -0.15) is 0 Å². The van der Waals surface area contributed by atoms with Crippen molar-refractivity contribution in [3.8, 4) is 0 Å². The number of primary sulfonamides is 1. The molecule has 0 saturated carbocycles. The van der Waals surface area contributed by atoms with Gasteiger partial charge in [-0.15, -0.1) is 0 Å². The first-order valence-corrected chi connectivity index (χ1v) is 8.48. The zero-order valence-electron chi connectivity index (χ0n) is 11.6. The molecule has 2 aromatic carbocycles. The number of nitrogen functional groups attached to an aromatic ring is 1. The molecule has 21 heavy (non-hydrogen) atoms. The lowest BCUT2D eigenvalue weighted by Gasteiger charge is -2.14. The van der Waals surface area contributed by atoms with Crippen LogP contribution >= 0.6 is 15.9 Å². The van der Waals surface area contributed by atoms with Gasteiger partial charge in [-0.3, -0.25) is 0 Å². The molecule has 2 rings (SSSR count). The first-order chi connectivity index (χ1) is 9.68. The predicted octanol–water partition coefficient (Wildman–Crippen LogP) is 3.04. The molecule has 0 amide bonds. The van der Waals surface area contributed by atoms with Crippen LogP contribution in [0.1, 0.15) is 11.1 Å². The van der Waals surface area contributed by atoms with E-state index in [9.17, 15) is 8.42 Å². The van der Waals surface area contributed by atoms with Gasteiger partial charge in [-0.25, -0.2) is 13.6 Å². The van der Waals surface area contributed by atoms with Gasteiger partial charge in [0, 0.05) is 15.8 Å². The van der Waals surface area contributed by atoms with Crippen molar-refractivity contribution in [2.24, 2.45) is 5.14 Å². The Bertz CT molecular complexity index is 781. The van der Waals surface area contributed by atoms with Crippen LogP contribution in [0.5, 0.6) is 0 Å². The van der Waals surface area contributed by atoms with Gasteiger partial charge in [0.15, 0.2) is 0 Å². The van der Waals surface area contributed by atoms with E-state index in [1.54, 1.807) is 12.1 Å². The van der Waals surface area contributed by atoms with Crippen LogP contribution in [0.2, 0.25) is 0 Å². The molecule has 0 aliphatic carbocycles. The van der Waals surface area contributed by atoms with Crippen molar-refractivity contribution in [3.05, 3.63) is 45.9 Å². The Labute approximate surface area is 132 Å². The topological polar surface area (TPSA) is 98.2 Å². The lowest BCUT2D eigenvalue weighted by Crippen LogP contribution is -2.14. The third-order valence-electron chi connectivity index (χ3n) is 3.08. The van der Waals surface area contributed by atoms with Crippen LogP contribution in [0.25, 0.3) is 0 Å². The monoisotopic (exact) mass is 369 g/mol. The molecule has 2 aromatic rings. The summed E-state index contributed by atoms with van der Waals surface area (Å²) in [5, 5.41) is 8.34. The maximum atomic E-state index is 11.3. The van der Waals surface area contributed by atoms with Crippen molar-refractivity contribution < 1.29 is 8.42 Å². The van der Waals surface area contributed by atoms with E-state index in [1.807, 2.05) is 26.0 Å². The van der Waals surface area contributed by atoms with Gasteiger partial charge in [0.25, 0.3) is 0 Å². The normalized spacial score (nSPS) is 11.4. The largest absolute Gasteiger partial charge is 0.398 e. The van der Waals surface area contributed by atoms with Gasteiger partial charge in [0.2, 0.25) is 10.0 Å². The molecule has 0 atom stereocenters. The van der Waals surface area contributed by atoms with Crippen LogP contribution < -0.4 is 16.2 Å². The van der Waals surface area contributed by atoms with E-state index >= 15 is 0 Å². The van der Waals surface area contributed by atoms with Crippen LogP contribution in [-0.4, -0.2) is 8.42 Å². The third kappa shape index (κ3) is 3.55. The van der Waals surface area contributed by atoms with Crippen molar-refractivity contribution in [2.45, 2.75) is 18.7 Å². The van der Waals surface area contributed by atoms with E-state index in [1.165, 1.54) is 6.07 Å². The number of hydrogen-bond donors (Lipinski definition) is 3. The minimum atomic E-state index is -3.80. The van der Waals surface area contributed by atoms with Gasteiger partial charge >= 0.3 is 0 Å². The summed E-state index contributed by atoms with van der Waals surface area (Å²) in [6.07, 6.45) is 0. The molecule has 0 heterocycles. The molecule has 0 fully saturated rings. The van der Waals surface area contributed by atoms with Crippen molar-refractivity contribution in [1.82, 2.24) is 0 Å². The van der Waals surface area contributed by atoms with Crippen molar-refractivity contribution >= 4 is 43.0 Å². The molecule has 0 unspecified atom stereocenters. The average Bonchev–Trinajstić information content (AvgIpc) is 2.32. The maximum Gasteiger partial charge on any atom is 0.240 e. The third-order valence-corrected chi connectivity index (χ3v) is 4.53. The summed E-state index contributed by atoms with van der Waals surface area (Å²) in [5.41, 5.74) is 9.67. The van der Waals surface area contributed by atoms with Gasteiger partial charge < -0.3 is 11.1 Å². The summed E-state index contributed by atoms with van der Waals surface area (Å²) in [7, 11) is -3.80. The second kappa shape index (κ2) is 5.67. The van der Waals surface area contributed by atoms with E-state index in [0.717, 1.165) is 21.3 Å². The second-order valence-electron chi connectivity index (χ2n) is 4.84. The van der Waals surface area contributed by atoms with E-state index in [-0.39, 0.29) is 10.6 Å². The SMILES string of the molecule is Cc1cc(Br)cc(C)c1Nc1ccc(S(N)(=O)=O)c(N)c1. The second-order valence-corrected chi connectivity index (χ2v) is 7.28. The highest BCUT2D eigenvalue weighted by Gasteiger charge is 2.13. The lowest BCUT2D eigenvalue weighted by atomic mass is 10.1. The van der Waals surface area contributed by atoms with Crippen LogP contribution in [0.15, 0.2) is 39.7 Å². The number of benzene rings is 2. The fraction of sp³-hybridized carbons (Fsp3) is 0.143. The van der Waals surface area contributed by atoms with Gasteiger partial charge in [-0.05, 0) is 55.3 Å². The summed E-state index contributed by atoms with van der Waals surface area (Å²) in [6, 6.07) is 8.59. The fourth-order valence-electron chi connectivity index (χ4n) is 2.14. The van der Waals surface area contributed by atoms with Gasteiger partial charge in [-0.1, -0.05) is 15.9 Å². The maximum absolute atomic E-state index is 11.3. The fourth-order valence-corrected chi connectivity index (χ4v) is 3.47. The molecule has 5 nitrogen and oxygen atoms in total. The summed E-state index contributed by atoms with van der Waals surface area (Å²) < 4.78 is 23.7. The number of halogens is 1. The Morgan fingerprint density at radius 2 is 1.67 bits per heavy atom. The highest BCUT2D eigenvalue weighted by atomic mass is 79.9. The summed E-state index contributed by atoms with van der Waals surface area (Å²) in [6.45, 7) is 3.98. The van der Waals surface area contributed by atoms with E-state index in [4.69, 9.17) is 10.9 Å². The molecule has 0 aliphatic rings. The molecule has 5 N–H and O–H groups in total. The summed E-state index contributed by atoms with van der Waals surface area (Å²) in [5.74, 6) is 0. The Kier molecular flexibility index (Phi) is 4.27. The molecule has 0 radical (unpaired) electrons. The van der Waals surface area contributed by atoms with E-state index < -0.39 is 10.0 Å². The molecule has 112 valence electrons. The number of nitrogens with two attached hydrogens (primary N) is 2. The van der Waals surface area contributed by atoms with Crippen molar-refractivity contribution in [1.29, 1.82) is 0 Å². The van der Waals surface area contributed by atoms with Gasteiger partial charge in [0.05, 0.1) is 5.69 Å². The highest BCUT2D eigenvalue weighted by molar-refractivity contribution is 9.10. The predicted molar refractivity (Wildman–Crippen MR) is 89.1 cm³/mol. The molecule has 0 bridgehead atoms. The first-order valence-electron chi connectivity index (χ1n) is 6.14. The van der Waals surface area contributed by atoms with Crippen molar-refractivity contribution in [2.75, 3.05) is 11.1 Å². The molecular formula is C14H16BrN3O2S. The number of hydrogen-bond acceptors (Lipinski definition) is 4. The number of anilines is 3. The van der Waals surface area contributed by atoms with E-state index in [2.05, 4.69) is 21.2 Å². The zero-order valence-corrected chi connectivity index (χ0v) is 14.0. The van der Waals surface area contributed by atoms with Gasteiger partial charge in [0.1, 0.15) is 4.90 Å². The lowest BCUT2D eigenvalue weighted by molar-refractivity contribution is 0.598. The van der Waals surface area contributed by atoms with Crippen LogP contribution in [0, 0.1) is 13.8 Å². The average molecular weight is 370 g/mol. The Morgan fingerprint density at radius 3 is 2.14 bits per heavy atom. The quantitative estimate of drug-likeness (QED) is 0.724. The summed E-state index contributed by atoms with van der Waals surface area (Å²) >= 11 is 3.45. The number of rotatable bonds is 3. The van der Waals surface area contributed by atoms with E-state index in [0.29, 0.717) is 5.69 Å². The molecular weight excluding hydrogens is 354 g/mol. The summed E-state index contributed by atoms with van der Waals surface area (Å²) in [4.78, 5) is -0.0719. The number of aryl methyl sites for hydroxylation is 2. The minimum absolute atomic E-state index is 0.0719. The smallest absolute Gasteiger partial charge is 0.240 e. The number of nitrogens with one attached hydrogen (secondary N) is 1. The van der Waals surface area contributed by atoms with Crippen LogP contribution in [0.3, 0.4) is 0 Å². The Morgan fingerprint density at radius 1 is 1.10 bits per heavy atom. The Hall–Kier alpha value is -1.57. The molecule has 0 saturated heterocycles. The molecule has 0 aliphatic heterocycles. The minimum Gasteiger partial charge on any atom is -0.398 e. The molecule has 0 spiro atoms. The standard InChI is InChI=1S/C14H16BrN3O2S/c1-8-5-10(15)6-9(2)14(8)18-11-3-4-13(12(16)7-11)21(17,19)20/h3-7,18H,16H2,1-2H3,(H2,17,19,20). The highest BCUT2D eigenvalue weighted by Crippen LogP contribution is 2.30. The Balaban J connectivity index is 2.40. The number of sulfonamides is 1.